The van der Waals surface area contributed by atoms with Gasteiger partial charge in [-0.25, -0.2) is 4.79 Å². The molecule has 21 heavy (non-hydrogen) atoms. The Morgan fingerprint density at radius 3 is 2.71 bits per heavy atom. The second-order valence-corrected chi connectivity index (χ2v) is 4.98. The highest BCUT2D eigenvalue weighted by Gasteiger charge is 2.09. The van der Waals surface area contributed by atoms with Gasteiger partial charge in [-0.05, 0) is 30.7 Å². The van der Waals surface area contributed by atoms with E-state index in [1.54, 1.807) is 6.20 Å². The zero-order valence-corrected chi connectivity index (χ0v) is 11.7. The molecule has 0 aliphatic carbocycles. The summed E-state index contributed by atoms with van der Waals surface area (Å²) in [6.45, 7) is 2.28. The van der Waals surface area contributed by atoms with Crippen molar-refractivity contribution >= 4 is 16.9 Å². The van der Waals surface area contributed by atoms with Crippen molar-refractivity contribution < 1.29 is 9.53 Å². The first-order valence-electron chi connectivity index (χ1n) is 6.80. The Labute approximate surface area is 123 Å². The van der Waals surface area contributed by atoms with Gasteiger partial charge in [0.15, 0.2) is 0 Å². The number of ether oxygens (including phenoxy) is 1. The minimum absolute atomic E-state index is 0.269. The summed E-state index contributed by atoms with van der Waals surface area (Å²) in [5.74, 6) is -0.352. The van der Waals surface area contributed by atoms with Gasteiger partial charge in [0, 0.05) is 11.6 Å². The monoisotopic (exact) mass is 277 g/mol. The van der Waals surface area contributed by atoms with Crippen LogP contribution in [0.25, 0.3) is 10.9 Å². The molecule has 3 rings (SSSR count). The maximum absolute atomic E-state index is 12.1. The highest BCUT2D eigenvalue weighted by molar-refractivity contribution is 5.93. The predicted molar refractivity (Wildman–Crippen MR) is 82.0 cm³/mol. The largest absolute Gasteiger partial charge is 0.457 e. The molecule has 0 amide bonds. The number of aryl methyl sites for hydroxylation is 1. The lowest BCUT2D eigenvalue weighted by molar-refractivity contribution is 0.0472. The minimum Gasteiger partial charge on any atom is -0.457 e. The molecule has 0 spiro atoms. The van der Waals surface area contributed by atoms with Crippen LogP contribution in [-0.2, 0) is 11.3 Å². The maximum atomic E-state index is 12.1. The summed E-state index contributed by atoms with van der Waals surface area (Å²) in [4.78, 5) is 16.4. The number of hydrogen-bond donors (Lipinski definition) is 0. The fraction of sp³-hybridized carbons (Fsp3) is 0.111. The van der Waals surface area contributed by atoms with E-state index < -0.39 is 0 Å². The highest BCUT2D eigenvalue weighted by atomic mass is 16.5. The molecule has 0 bridgehead atoms. The van der Waals surface area contributed by atoms with Crippen molar-refractivity contribution in [2.24, 2.45) is 0 Å². The summed E-state index contributed by atoms with van der Waals surface area (Å²) in [6, 6.07) is 17.4. The Balaban J connectivity index is 1.78. The molecular formula is C18H15NO2. The summed E-state index contributed by atoms with van der Waals surface area (Å²) in [5.41, 5.74) is 3.46. The zero-order valence-electron chi connectivity index (χ0n) is 11.7. The molecule has 1 aromatic heterocycles. The Bertz CT molecular complexity index is 782. The number of benzene rings is 2. The van der Waals surface area contributed by atoms with Gasteiger partial charge in [0.1, 0.15) is 6.61 Å². The fourth-order valence-corrected chi connectivity index (χ4v) is 2.17. The van der Waals surface area contributed by atoms with Crippen LogP contribution in [0.5, 0.6) is 0 Å². The van der Waals surface area contributed by atoms with Crippen molar-refractivity contribution in [3.8, 4) is 0 Å². The van der Waals surface area contributed by atoms with Crippen molar-refractivity contribution in [2.75, 3.05) is 0 Å². The van der Waals surface area contributed by atoms with Crippen molar-refractivity contribution in [1.29, 1.82) is 0 Å². The second kappa shape index (κ2) is 5.75. The van der Waals surface area contributed by atoms with Gasteiger partial charge in [-0.3, -0.25) is 4.98 Å². The molecule has 3 aromatic rings. The van der Waals surface area contributed by atoms with Crippen LogP contribution in [0.3, 0.4) is 0 Å². The molecule has 0 atom stereocenters. The average Bonchev–Trinajstić information content (AvgIpc) is 2.53. The van der Waals surface area contributed by atoms with E-state index in [0.717, 1.165) is 22.0 Å². The minimum atomic E-state index is -0.352. The molecule has 0 unspecified atom stereocenters. The van der Waals surface area contributed by atoms with Gasteiger partial charge in [0.05, 0.1) is 11.1 Å². The lowest BCUT2D eigenvalue weighted by atomic mass is 10.1. The highest BCUT2D eigenvalue weighted by Crippen LogP contribution is 2.16. The lowest BCUT2D eigenvalue weighted by Gasteiger charge is -2.06. The van der Waals surface area contributed by atoms with Gasteiger partial charge in [-0.15, -0.1) is 0 Å². The Hall–Kier alpha value is -2.68. The van der Waals surface area contributed by atoms with Crippen LogP contribution in [0.1, 0.15) is 21.5 Å². The Morgan fingerprint density at radius 2 is 1.90 bits per heavy atom. The van der Waals surface area contributed by atoms with Gasteiger partial charge >= 0.3 is 5.97 Å². The zero-order chi connectivity index (χ0) is 14.7. The first-order chi connectivity index (χ1) is 10.2. The van der Waals surface area contributed by atoms with Crippen LogP contribution in [0.15, 0.2) is 60.8 Å². The van der Waals surface area contributed by atoms with Gasteiger partial charge in [0.2, 0.25) is 0 Å². The van der Waals surface area contributed by atoms with Crippen molar-refractivity contribution in [1.82, 2.24) is 4.98 Å². The fourth-order valence-electron chi connectivity index (χ4n) is 2.17. The smallest absolute Gasteiger partial charge is 0.340 e. The molecular weight excluding hydrogens is 262 g/mol. The van der Waals surface area contributed by atoms with E-state index in [2.05, 4.69) is 4.98 Å². The third-order valence-corrected chi connectivity index (χ3v) is 3.29. The molecule has 0 aliphatic rings. The van der Waals surface area contributed by atoms with Gasteiger partial charge < -0.3 is 4.74 Å². The molecule has 3 heteroatoms. The molecule has 0 aliphatic heterocycles. The summed E-state index contributed by atoms with van der Waals surface area (Å²) >= 11 is 0. The third kappa shape index (κ3) is 3.08. The quantitative estimate of drug-likeness (QED) is 0.681. The molecule has 3 nitrogen and oxygen atoms in total. The van der Waals surface area contributed by atoms with E-state index >= 15 is 0 Å². The summed E-state index contributed by atoms with van der Waals surface area (Å²) < 4.78 is 5.31. The van der Waals surface area contributed by atoms with E-state index in [1.807, 2.05) is 61.5 Å². The molecule has 104 valence electrons. The predicted octanol–water partition coefficient (Wildman–Crippen LogP) is 3.90. The number of nitrogens with zero attached hydrogens (tertiary/aromatic N) is 1. The third-order valence-electron chi connectivity index (χ3n) is 3.29. The number of rotatable bonds is 3. The molecule has 2 aromatic carbocycles. The van der Waals surface area contributed by atoms with Gasteiger partial charge in [-0.2, -0.15) is 0 Å². The summed E-state index contributed by atoms with van der Waals surface area (Å²) in [6.07, 6.45) is 1.56. The number of carbonyl (C=O) groups is 1. The molecule has 0 N–H and O–H groups in total. The molecule has 1 heterocycles. The standard InChI is InChI=1S/C18H15NO2/c1-13-7-8-17-15(9-13)10-16(11-19-17)18(20)21-12-14-5-3-2-4-6-14/h2-11H,12H2,1H3. The number of hydrogen-bond acceptors (Lipinski definition) is 3. The first-order valence-corrected chi connectivity index (χ1v) is 6.80. The van der Waals surface area contributed by atoms with Crippen molar-refractivity contribution in [3.05, 3.63) is 77.5 Å². The maximum Gasteiger partial charge on any atom is 0.340 e. The van der Waals surface area contributed by atoms with E-state index in [4.69, 9.17) is 4.74 Å². The second-order valence-electron chi connectivity index (χ2n) is 4.98. The van der Waals surface area contributed by atoms with Gasteiger partial charge in [-0.1, -0.05) is 42.0 Å². The first kappa shape index (κ1) is 13.3. The Morgan fingerprint density at radius 1 is 1.10 bits per heavy atom. The van der Waals surface area contributed by atoms with Crippen LogP contribution < -0.4 is 0 Å². The van der Waals surface area contributed by atoms with Gasteiger partial charge in [0.25, 0.3) is 0 Å². The average molecular weight is 277 g/mol. The Kier molecular flexibility index (Phi) is 3.65. The van der Waals surface area contributed by atoms with Crippen LogP contribution >= 0.6 is 0 Å². The van der Waals surface area contributed by atoms with E-state index in [1.165, 1.54) is 0 Å². The number of pyridine rings is 1. The SMILES string of the molecule is Cc1ccc2ncc(C(=O)OCc3ccccc3)cc2c1. The summed E-state index contributed by atoms with van der Waals surface area (Å²) in [7, 11) is 0. The molecule has 0 saturated heterocycles. The molecule has 0 fully saturated rings. The number of fused-ring (bicyclic) bond motifs is 1. The topological polar surface area (TPSA) is 39.2 Å². The normalized spacial score (nSPS) is 10.5. The number of carbonyl (C=O) groups excluding carboxylic acids is 1. The van der Waals surface area contributed by atoms with Crippen LogP contribution in [-0.4, -0.2) is 11.0 Å². The van der Waals surface area contributed by atoms with Crippen LogP contribution in [0, 0.1) is 6.92 Å². The van der Waals surface area contributed by atoms with E-state index in [9.17, 15) is 4.79 Å². The van der Waals surface area contributed by atoms with E-state index in [-0.39, 0.29) is 12.6 Å². The summed E-state index contributed by atoms with van der Waals surface area (Å²) in [5, 5.41) is 0.948. The van der Waals surface area contributed by atoms with Crippen molar-refractivity contribution in [2.45, 2.75) is 13.5 Å². The lowest BCUT2D eigenvalue weighted by Crippen LogP contribution is -2.05. The van der Waals surface area contributed by atoms with Crippen molar-refractivity contribution in [3.63, 3.8) is 0 Å². The van der Waals surface area contributed by atoms with Crippen LogP contribution in [0.2, 0.25) is 0 Å². The number of aromatic nitrogens is 1. The number of esters is 1. The molecule has 0 radical (unpaired) electrons. The van der Waals surface area contributed by atoms with Crippen LogP contribution in [0.4, 0.5) is 0 Å². The van der Waals surface area contributed by atoms with E-state index in [0.29, 0.717) is 5.56 Å². The molecule has 0 saturated carbocycles.